The summed E-state index contributed by atoms with van der Waals surface area (Å²) in [4.78, 5) is 14.3. The van der Waals surface area contributed by atoms with Crippen LogP contribution < -0.4 is 4.90 Å². The van der Waals surface area contributed by atoms with E-state index in [4.69, 9.17) is 4.74 Å². The normalized spacial score (nSPS) is 17.2. The van der Waals surface area contributed by atoms with Gasteiger partial charge in [0.05, 0.1) is 13.2 Å². The van der Waals surface area contributed by atoms with Gasteiger partial charge < -0.3 is 14.2 Å². The second-order valence-electron chi connectivity index (χ2n) is 6.31. The highest BCUT2D eigenvalue weighted by Crippen LogP contribution is 2.21. The summed E-state index contributed by atoms with van der Waals surface area (Å²) in [5, 5.41) is 0. The van der Waals surface area contributed by atoms with Gasteiger partial charge in [0.1, 0.15) is 19.1 Å². The van der Waals surface area contributed by atoms with Crippen molar-refractivity contribution in [3.05, 3.63) is 53.3 Å². The lowest BCUT2D eigenvalue weighted by Gasteiger charge is -2.28. The van der Waals surface area contributed by atoms with E-state index >= 15 is 0 Å². The molecule has 1 aromatic carbocycles. The molecule has 1 atom stereocenters. The third kappa shape index (κ3) is 3.09. The molecule has 4 nitrogen and oxygen atoms in total. The topological polar surface area (TPSA) is 35.7 Å². The summed E-state index contributed by atoms with van der Waals surface area (Å²) in [5.74, 6) is 0.234. The van der Waals surface area contributed by atoms with Crippen molar-refractivity contribution in [1.82, 2.24) is 4.57 Å². The van der Waals surface area contributed by atoms with E-state index in [0.29, 0.717) is 0 Å². The SMILES string of the molecule is Cc1cc(C(=O)[C@@H](C)[NH+]2CCOCC2)c(C)n1-c1ccccc1. The molecule has 1 fully saturated rings. The number of hydrogen-bond donors (Lipinski definition) is 1. The van der Waals surface area contributed by atoms with Gasteiger partial charge in [0.2, 0.25) is 5.78 Å². The van der Waals surface area contributed by atoms with Crippen molar-refractivity contribution >= 4 is 5.78 Å². The predicted molar refractivity (Wildman–Crippen MR) is 90.6 cm³/mol. The van der Waals surface area contributed by atoms with E-state index in [0.717, 1.165) is 48.9 Å². The molecule has 2 heterocycles. The molecule has 0 amide bonds. The number of aryl methyl sites for hydroxylation is 1. The highest BCUT2D eigenvalue weighted by molar-refractivity contribution is 6.00. The van der Waals surface area contributed by atoms with Crippen LogP contribution in [0.25, 0.3) is 5.69 Å². The second kappa shape index (κ2) is 6.69. The summed E-state index contributed by atoms with van der Waals surface area (Å²) in [6.45, 7) is 9.44. The zero-order chi connectivity index (χ0) is 16.4. The zero-order valence-corrected chi connectivity index (χ0v) is 14.1. The van der Waals surface area contributed by atoms with Crippen LogP contribution in [0.4, 0.5) is 0 Å². The standard InChI is InChI=1S/C19H24N2O2/c1-14-13-18(15(2)21(14)17-7-5-4-6-8-17)19(22)16(3)20-9-11-23-12-10-20/h4-8,13,16H,9-12H2,1-3H3/p+1/t16-/m1/s1. The molecule has 0 radical (unpaired) electrons. The van der Waals surface area contributed by atoms with E-state index in [-0.39, 0.29) is 11.8 Å². The number of Topliss-reactive ketones (excluding diaryl/α,β-unsaturated/α-hetero) is 1. The van der Waals surface area contributed by atoms with Crippen molar-refractivity contribution in [2.45, 2.75) is 26.8 Å². The van der Waals surface area contributed by atoms with Gasteiger partial charge in [-0.3, -0.25) is 4.79 Å². The number of carbonyl (C=O) groups is 1. The minimum absolute atomic E-state index is 0.0244. The van der Waals surface area contributed by atoms with Gasteiger partial charge in [-0.1, -0.05) is 18.2 Å². The number of rotatable bonds is 4. The Morgan fingerprint density at radius 1 is 1.17 bits per heavy atom. The first-order valence-electron chi connectivity index (χ1n) is 8.30. The summed E-state index contributed by atoms with van der Waals surface area (Å²) >= 11 is 0. The Balaban J connectivity index is 1.90. The lowest BCUT2D eigenvalue weighted by molar-refractivity contribution is -0.921. The average Bonchev–Trinajstić information content (AvgIpc) is 2.89. The molecule has 0 saturated carbocycles. The van der Waals surface area contributed by atoms with E-state index in [9.17, 15) is 4.79 Å². The average molecular weight is 313 g/mol. The molecule has 0 unspecified atom stereocenters. The smallest absolute Gasteiger partial charge is 0.221 e. The summed E-state index contributed by atoms with van der Waals surface area (Å²) in [7, 11) is 0. The minimum atomic E-state index is -0.0244. The summed E-state index contributed by atoms with van der Waals surface area (Å²) < 4.78 is 7.57. The van der Waals surface area contributed by atoms with Crippen molar-refractivity contribution < 1.29 is 14.4 Å². The van der Waals surface area contributed by atoms with E-state index in [1.165, 1.54) is 4.90 Å². The van der Waals surface area contributed by atoms with Crippen LogP contribution in [-0.2, 0) is 4.74 Å². The molecule has 1 saturated heterocycles. The first kappa shape index (κ1) is 16.0. The number of ether oxygens (including phenoxy) is 1. The Kier molecular flexibility index (Phi) is 4.64. The van der Waals surface area contributed by atoms with E-state index in [1.54, 1.807) is 0 Å². The molecule has 0 bridgehead atoms. The Hall–Kier alpha value is -1.91. The molecular formula is C19H25N2O2+. The molecule has 0 spiro atoms. The first-order chi connectivity index (χ1) is 11.1. The molecule has 1 aromatic heterocycles. The van der Waals surface area contributed by atoms with Crippen molar-refractivity contribution in [2.24, 2.45) is 0 Å². The van der Waals surface area contributed by atoms with Crippen LogP contribution in [0.1, 0.15) is 28.7 Å². The first-order valence-corrected chi connectivity index (χ1v) is 8.30. The maximum absolute atomic E-state index is 13.0. The van der Waals surface area contributed by atoms with Crippen LogP contribution in [0.2, 0.25) is 0 Å². The van der Waals surface area contributed by atoms with Gasteiger partial charge >= 0.3 is 0 Å². The van der Waals surface area contributed by atoms with Gasteiger partial charge in [-0.25, -0.2) is 0 Å². The number of benzene rings is 1. The number of hydrogen-bond acceptors (Lipinski definition) is 2. The number of morpholine rings is 1. The maximum atomic E-state index is 13.0. The fraction of sp³-hybridized carbons (Fsp3) is 0.421. The summed E-state index contributed by atoms with van der Waals surface area (Å²) in [5.41, 5.74) is 4.07. The van der Waals surface area contributed by atoms with Crippen molar-refractivity contribution in [3.63, 3.8) is 0 Å². The molecule has 4 heteroatoms. The highest BCUT2D eigenvalue weighted by atomic mass is 16.5. The number of nitrogens with zero attached hydrogens (tertiary/aromatic N) is 1. The predicted octanol–water partition coefficient (Wildman–Crippen LogP) is 1.58. The largest absolute Gasteiger partial charge is 0.370 e. The van der Waals surface area contributed by atoms with Gasteiger partial charge in [0, 0.05) is 22.6 Å². The zero-order valence-electron chi connectivity index (χ0n) is 14.1. The Morgan fingerprint density at radius 3 is 2.48 bits per heavy atom. The van der Waals surface area contributed by atoms with Gasteiger partial charge in [0.15, 0.2) is 0 Å². The molecule has 122 valence electrons. The number of ketones is 1. The molecule has 1 N–H and O–H groups in total. The molecule has 1 aliphatic rings. The van der Waals surface area contributed by atoms with Crippen LogP contribution in [0.3, 0.4) is 0 Å². The van der Waals surface area contributed by atoms with Crippen LogP contribution in [0, 0.1) is 13.8 Å². The van der Waals surface area contributed by atoms with Gasteiger partial charge in [-0.15, -0.1) is 0 Å². The lowest BCUT2D eigenvalue weighted by atomic mass is 10.0. The lowest BCUT2D eigenvalue weighted by Crippen LogP contribution is -3.18. The minimum Gasteiger partial charge on any atom is -0.370 e. The molecule has 23 heavy (non-hydrogen) atoms. The van der Waals surface area contributed by atoms with E-state index < -0.39 is 0 Å². The quantitative estimate of drug-likeness (QED) is 0.870. The summed E-state index contributed by atoms with van der Waals surface area (Å²) in [6, 6.07) is 12.2. The molecule has 2 aromatic rings. The van der Waals surface area contributed by atoms with Crippen LogP contribution in [0.15, 0.2) is 36.4 Å². The van der Waals surface area contributed by atoms with Crippen molar-refractivity contribution in [3.8, 4) is 5.69 Å². The Morgan fingerprint density at radius 2 is 1.83 bits per heavy atom. The molecular weight excluding hydrogens is 288 g/mol. The number of aromatic nitrogens is 1. The Labute approximate surface area is 137 Å². The molecule has 1 aliphatic heterocycles. The highest BCUT2D eigenvalue weighted by Gasteiger charge is 2.30. The van der Waals surface area contributed by atoms with Crippen molar-refractivity contribution in [2.75, 3.05) is 26.3 Å². The van der Waals surface area contributed by atoms with Gasteiger partial charge in [0.25, 0.3) is 0 Å². The van der Waals surface area contributed by atoms with Crippen LogP contribution in [0.5, 0.6) is 0 Å². The fourth-order valence-corrected chi connectivity index (χ4v) is 3.47. The van der Waals surface area contributed by atoms with Crippen molar-refractivity contribution in [1.29, 1.82) is 0 Å². The van der Waals surface area contributed by atoms with Gasteiger partial charge in [-0.2, -0.15) is 0 Å². The molecule has 0 aliphatic carbocycles. The number of quaternary nitrogens is 1. The van der Waals surface area contributed by atoms with E-state index in [2.05, 4.69) is 23.6 Å². The summed E-state index contributed by atoms with van der Waals surface area (Å²) in [6.07, 6.45) is 0. The van der Waals surface area contributed by atoms with Crippen LogP contribution >= 0.6 is 0 Å². The Bertz CT molecular complexity index is 685. The number of para-hydroxylation sites is 1. The third-order valence-electron chi connectivity index (χ3n) is 4.85. The van der Waals surface area contributed by atoms with E-state index in [1.807, 2.05) is 38.1 Å². The number of carbonyl (C=O) groups excluding carboxylic acids is 1. The molecule has 3 rings (SSSR count). The van der Waals surface area contributed by atoms with Crippen LogP contribution in [-0.4, -0.2) is 42.7 Å². The maximum Gasteiger partial charge on any atom is 0.221 e. The fourth-order valence-electron chi connectivity index (χ4n) is 3.47. The number of nitrogens with one attached hydrogen (secondary N) is 1. The third-order valence-corrected chi connectivity index (χ3v) is 4.85. The van der Waals surface area contributed by atoms with Gasteiger partial charge in [-0.05, 0) is 39.0 Å². The second-order valence-corrected chi connectivity index (χ2v) is 6.31. The monoisotopic (exact) mass is 313 g/mol.